The van der Waals surface area contributed by atoms with Crippen molar-refractivity contribution in [2.45, 2.75) is 23.2 Å². The number of thiophene rings is 1. The molecular formula is C25H23N5O2S2. The largest absolute Gasteiger partial charge is 0.364 e. The van der Waals surface area contributed by atoms with E-state index in [9.17, 15) is 13.7 Å². The average molecular weight is 490 g/mol. The van der Waals surface area contributed by atoms with Crippen molar-refractivity contribution < 1.29 is 8.42 Å². The molecule has 1 aromatic heterocycles. The standard InChI is InChI=1S/C25H23N5O2S2/c26-13-20-8-4-9-24-23(20)17-30(34(31,32)25-10-5-11-33-25)22(12-19-6-2-1-3-7-19)16-29(24)15-21-14-27-18-28-21/h1-11,14,22H,12,15-18H2. The maximum atomic E-state index is 13.9. The van der Waals surface area contributed by atoms with E-state index in [4.69, 9.17) is 0 Å². The summed E-state index contributed by atoms with van der Waals surface area (Å²) in [5, 5.41) is 11.6. The van der Waals surface area contributed by atoms with Crippen LogP contribution in [0.3, 0.4) is 0 Å². The molecule has 0 saturated heterocycles. The molecule has 0 N–H and O–H groups in total. The van der Waals surface area contributed by atoms with Crippen LogP contribution in [0, 0.1) is 11.3 Å². The molecule has 172 valence electrons. The highest BCUT2D eigenvalue weighted by atomic mass is 32.2. The van der Waals surface area contributed by atoms with Gasteiger partial charge in [0.25, 0.3) is 10.0 Å². The van der Waals surface area contributed by atoms with Crippen LogP contribution in [0.1, 0.15) is 16.7 Å². The number of rotatable bonds is 6. The van der Waals surface area contributed by atoms with Crippen molar-refractivity contribution >= 4 is 39.0 Å². The van der Waals surface area contributed by atoms with Crippen LogP contribution in [-0.4, -0.2) is 50.4 Å². The predicted octanol–water partition coefficient (Wildman–Crippen LogP) is 3.72. The first-order valence-corrected chi connectivity index (χ1v) is 13.3. The number of nitrogens with zero attached hydrogens (tertiary/aromatic N) is 5. The maximum absolute atomic E-state index is 13.9. The molecule has 2 aliphatic heterocycles. The fraction of sp³-hybridized carbons (Fsp3) is 0.240. The molecule has 0 saturated carbocycles. The van der Waals surface area contributed by atoms with E-state index >= 15 is 0 Å². The quantitative estimate of drug-likeness (QED) is 0.528. The van der Waals surface area contributed by atoms with E-state index in [0.29, 0.717) is 36.0 Å². The van der Waals surface area contributed by atoms with Crippen molar-refractivity contribution in [1.82, 2.24) is 4.31 Å². The SMILES string of the molecule is N#Cc1cccc2c1CN(S(=O)(=O)c1cccs1)C(Cc1ccccc1)CN2CC1=NCN=C1. The fourth-order valence-corrected chi connectivity index (χ4v) is 7.19. The van der Waals surface area contributed by atoms with Gasteiger partial charge in [-0.25, -0.2) is 8.42 Å². The smallest absolute Gasteiger partial charge is 0.253 e. The zero-order chi connectivity index (χ0) is 23.5. The zero-order valence-electron chi connectivity index (χ0n) is 18.4. The predicted molar refractivity (Wildman–Crippen MR) is 135 cm³/mol. The first kappa shape index (κ1) is 22.5. The summed E-state index contributed by atoms with van der Waals surface area (Å²) in [5.41, 5.74) is 3.97. The second kappa shape index (κ2) is 9.50. The van der Waals surface area contributed by atoms with E-state index in [-0.39, 0.29) is 12.6 Å². The zero-order valence-corrected chi connectivity index (χ0v) is 20.0. The Bertz CT molecular complexity index is 1380. The molecule has 0 aliphatic carbocycles. The van der Waals surface area contributed by atoms with Crippen LogP contribution in [0.2, 0.25) is 0 Å². The summed E-state index contributed by atoms with van der Waals surface area (Å²) >= 11 is 1.21. The fourth-order valence-electron chi connectivity index (χ4n) is 4.48. The van der Waals surface area contributed by atoms with Gasteiger partial charge in [0.2, 0.25) is 0 Å². The topological polar surface area (TPSA) is 89.1 Å². The third-order valence-corrected chi connectivity index (χ3v) is 9.36. The molecule has 3 heterocycles. The summed E-state index contributed by atoms with van der Waals surface area (Å²) in [5.74, 6) is 0. The molecule has 0 spiro atoms. The molecule has 2 aromatic carbocycles. The Morgan fingerprint density at radius 3 is 2.65 bits per heavy atom. The van der Waals surface area contributed by atoms with Crippen LogP contribution < -0.4 is 4.90 Å². The molecule has 34 heavy (non-hydrogen) atoms. The van der Waals surface area contributed by atoms with Gasteiger partial charge in [0.1, 0.15) is 10.9 Å². The average Bonchev–Trinajstić information content (AvgIpc) is 3.55. The Labute approximate surface area is 203 Å². The van der Waals surface area contributed by atoms with E-state index in [0.717, 1.165) is 22.5 Å². The highest BCUT2D eigenvalue weighted by Gasteiger charge is 2.38. The molecule has 9 heteroatoms. The minimum absolute atomic E-state index is 0.133. The van der Waals surface area contributed by atoms with Gasteiger partial charge in [-0.05, 0) is 35.6 Å². The molecule has 7 nitrogen and oxygen atoms in total. The number of fused-ring (bicyclic) bond motifs is 1. The van der Waals surface area contributed by atoms with Crippen LogP contribution in [0.15, 0.2) is 80.2 Å². The van der Waals surface area contributed by atoms with Crippen molar-refractivity contribution in [2.75, 3.05) is 24.7 Å². The molecule has 3 aromatic rings. The molecule has 0 fully saturated rings. The van der Waals surface area contributed by atoms with E-state index in [1.165, 1.54) is 11.3 Å². The Balaban J connectivity index is 1.63. The van der Waals surface area contributed by atoms with Crippen molar-refractivity contribution in [3.05, 3.63) is 82.7 Å². The molecule has 5 rings (SSSR count). The van der Waals surface area contributed by atoms with Crippen molar-refractivity contribution in [3.8, 4) is 6.07 Å². The van der Waals surface area contributed by atoms with Gasteiger partial charge in [0.05, 0.1) is 23.9 Å². The number of sulfonamides is 1. The lowest BCUT2D eigenvalue weighted by atomic mass is 10.1. The summed E-state index contributed by atoms with van der Waals surface area (Å²) in [6, 6.07) is 20.8. The van der Waals surface area contributed by atoms with Gasteiger partial charge >= 0.3 is 0 Å². The highest BCUT2D eigenvalue weighted by molar-refractivity contribution is 7.91. The summed E-state index contributed by atoms with van der Waals surface area (Å²) in [6.07, 6.45) is 2.32. The minimum Gasteiger partial charge on any atom is -0.364 e. The lowest BCUT2D eigenvalue weighted by molar-refractivity contribution is 0.320. The third kappa shape index (κ3) is 4.40. The molecule has 0 bridgehead atoms. The van der Waals surface area contributed by atoms with E-state index in [2.05, 4.69) is 21.0 Å². The second-order valence-corrected chi connectivity index (χ2v) is 11.3. The number of aliphatic imine (C=N–C) groups is 2. The summed E-state index contributed by atoms with van der Waals surface area (Å²) in [6.45, 7) is 1.52. The molecular weight excluding hydrogens is 466 g/mol. The van der Waals surface area contributed by atoms with E-state index in [1.54, 1.807) is 34.1 Å². The van der Waals surface area contributed by atoms with Gasteiger partial charge in [-0.3, -0.25) is 9.98 Å². The third-order valence-electron chi connectivity index (χ3n) is 6.09. The van der Waals surface area contributed by atoms with Gasteiger partial charge in [0, 0.05) is 36.6 Å². The minimum atomic E-state index is -3.77. The normalized spacial score (nSPS) is 18.3. The molecule has 2 aliphatic rings. The summed E-state index contributed by atoms with van der Waals surface area (Å²) in [4.78, 5) is 10.8. The van der Waals surface area contributed by atoms with Crippen LogP contribution in [0.5, 0.6) is 0 Å². The summed E-state index contributed by atoms with van der Waals surface area (Å²) in [7, 11) is -3.77. The summed E-state index contributed by atoms with van der Waals surface area (Å²) < 4.78 is 29.6. The van der Waals surface area contributed by atoms with Gasteiger partial charge in [-0.15, -0.1) is 11.3 Å². The lowest BCUT2D eigenvalue weighted by Crippen LogP contribution is -2.46. The van der Waals surface area contributed by atoms with Gasteiger partial charge in [-0.2, -0.15) is 9.57 Å². The van der Waals surface area contributed by atoms with Gasteiger partial charge in [-0.1, -0.05) is 42.5 Å². The molecule has 1 unspecified atom stereocenters. The lowest BCUT2D eigenvalue weighted by Gasteiger charge is -2.31. The molecule has 1 atom stereocenters. The Morgan fingerprint density at radius 1 is 1.09 bits per heavy atom. The maximum Gasteiger partial charge on any atom is 0.253 e. The number of nitriles is 1. The number of benzene rings is 2. The van der Waals surface area contributed by atoms with Crippen LogP contribution in [0.4, 0.5) is 5.69 Å². The van der Waals surface area contributed by atoms with Crippen LogP contribution in [-0.2, 0) is 23.0 Å². The first-order valence-electron chi connectivity index (χ1n) is 11.0. The molecule has 0 amide bonds. The van der Waals surface area contributed by atoms with E-state index < -0.39 is 10.0 Å². The number of anilines is 1. The second-order valence-electron chi connectivity index (χ2n) is 8.22. The van der Waals surface area contributed by atoms with Crippen LogP contribution >= 0.6 is 11.3 Å². The Morgan fingerprint density at radius 2 is 1.94 bits per heavy atom. The molecule has 0 radical (unpaired) electrons. The number of hydrogen-bond acceptors (Lipinski definition) is 7. The van der Waals surface area contributed by atoms with Crippen molar-refractivity contribution in [2.24, 2.45) is 9.98 Å². The van der Waals surface area contributed by atoms with Crippen LogP contribution in [0.25, 0.3) is 0 Å². The Hall–Kier alpha value is -3.32. The van der Waals surface area contributed by atoms with Gasteiger partial charge < -0.3 is 4.90 Å². The van der Waals surface area contributed by atoms with Gasteiger partial charge in [0.15, 0.2) is 0 Å². The van der Waals surface area contributed by atoms with E-state index in [1.807, 2.05) is 42.5 Å². The van der Waals surface area contributed by atoms with Crippen molar-refractivity contribution in [1.29, 1.82) is 5.26 Å². The number of hydrogen-bond donors (Lipinski definition) is 0. The first-order chi connectivity index (χ1) is 16.6. The monoisotopic (exact) mass is 489 g/mol. The van der Waals surface area contributed by atoms with Crippen molar-refractivity contribution in [3.63, 3.8) is 0 Å². The highest BCUT2D eigenvalue weighted by Crippen LogP contribution is 2.35. The Kier molecular flexibility index (Phi) is 6.28.